The lowest BCUT2D eigenvalue weighted by molar-refractivity contribution is -0.141. The third-order valence-electron chi connectivity index (χ3n) is 5.78. The van der Waals surface area contributed by atoms with E-state index in [-0.39, 0.29) is 16.9 Å². The van der Waals surface area contributed by atoms with E-state index in [9.17, 15) is 36.2 Å². The second kappa shape index (κ2) is 8.46. The molecule has 180 valence electrons. The zero-order chi connectivity index (χ0) is 24.8. The molecule has 1 saturated carbocycles. The topological polar surface area (TPSA) is 67.2 Å². The molecule has 1 atom stereocenters. The van der Waals surface area contributed by atoms with Crippen LogP contribution in [0.1, 0.15) is 48.2 Å². The Hall–Kier alpha value is -3.34. The Balaban J connectivity index is 1.54. The lowest BCUT2D eigenvalue weighted by Crippen LogP contribution is -2.28. The number of hydrogen-bond donors (Lipinski definition) is 2. The minimum atomic E-state index is -4.80. The molecule has 0 aliphatic heterocycles. The van der Waals surface area contributed by atoms with Gasteiger partial charge in [0.25, 0.3) is 0 Å². The van der Waals surface area contributed by atoms with Gasteiger partial charge in [0.2, 0.25) is 5.91 Å². The smallest absolute Gasteiger partial charge is 0.385 e. The lowest BCUT2D eigenvalue weighted by Gasteiger charge is -2.16. The number of carbonyl (C=O) groups is 1. The number of hydrogen-bond acceptors (Lipinski definition) is 3. The first kappa shape index (κ1) is 23.8. The van der Waals surface area contributed by atoms with Crippen LogP contribution < -0.4 is 5.32 Å². The molecule has 4 rings (SSSR count). The van der Waals surface area contributed by atoms with E-state index in [1.54, 1.807) is 0 Å². The van der Waals surface area contributed by atoms with Crippen molar-refractivity contribution < 1.29 is 36.2 Å². The zero-order valence-corrected chi connectivity index (χ0v) is 17.8. The van der Waals surface area contributed by atoms with Crippen LogP contribution in [0.25, 0.3) is 5.69 Å². The molecule has 1 unspecified atom stereocenters. The molecular formula is C23H19F6N3O2. The highest BCUT2D eigenvalue weighted by Crippen LogP contribution is 2.46. The third kappa shape index (κ3) is 4.65. The maximum absolute atomic E-state index is 14.4. The Morgan fingerprint density at radius 3 is 2.38 bits per heavy atom. The fourth-order valence-corrected chi connectivity index (χ4v) is 3.57. The number of amides is 1. The number of nitrogens with zero attached hydrogens (tertiary/aromatic N) is 2. The van der Waals surface area contributed by atoms with E-state index in [1.165, 1.54) is 19.1 Å². The van der Waals surface area contributed by atoms with Crippen LogP contribution in [0.5, 0.6) is 0 Å². The number of carbonyl (C=O) groups excluding carboxylic acids is 1. The maximum Gasteiger partial charge on any atom is 0.435 e. The molecule has 0 spiro atoms. The van der Waals surface area contributed by atoms with E-state index in [0.29, 0.717) is 30.5 Å². The normalized spacial score (nSPS) is 15.8. The summed E-state index contributed by atoms with van der Waals surface area (Å²) in [6.45, 7) is 1.08. The summed E-state index contributed by atoms with van der Waals surface area (Å²) < 4.78 is 81.6. The minimum Gasteiger partial charge on any atom is -0.385 e. The second-order valence-electron chi connectivity index (χ2n) is 8.24. The number of aromatic nitrogens is 2. The highest BCUT2D eigenvalue weighted by Gasteiger charge is 2.44. The molecule has 1 amide bonds. The first-order chi connectivity index (χ1) is 15.9. The molecule has 1 aliphatic carbocycles. The van der Waals surface area contributed by atoms with Crippen LogP contribution in [0.4, 0.5) is 26.3 Å². The number of nitrogens with one attached hydrogen (secondary N) is 1. The van der Waals surface area contributed by atoms with E-state index >= 15 is 0 Å². The molecule has 5 nitrogen and oxygen atoms in total. The van der Waals surface area contributed by atoms with Crippen LogP contribution in [0.3, 0.4) is 0 Å². The van der Waals surface area contributed by atoms with Gasteiger partial charge >= 0.3 is 6.18 Å². The average Bonchev–Trinajstić information content (AvgIpc) is 3.36. The second-order valence-corrected chi connectivity index (χ2v) is 8.24. The number of aliphatic hydroxyl groups is 1. The van der Waals surface area contributed by atoms with Gasteiger partial charge in [0.1, 0.15) is 5.82 Å². The monoisotopic (exact) mass is 483 g/mol. The Morgan fingerprint density at radius 2 is 1.79 bits per heavy atom. The molecule has 11 heteroatoms. The fraction of sp³-hybridized carbons (Fsp3) is 0.304. The summed E-state index contributed by atoms with van der Waals surface area (Å²) in [6, 6.07) is 7.24. The molecule has 3 aromatic rings. The van der Waals surface area contributed by atoms with Gasteiger partial charge in [0.15, 0.2) is 17.3 Å². The summed E-state index contributed by atoms with van der Waals surface area (Å²) in [5.41, 5.74) is -2.28. The predicted molar refractivity (Wildman–Crippen MR) is 108 cm³/mol. The van der Waals surface area contributed by atoms with Gasteiger partial charge in [-0.15, -0.1) is 0 Å². The van der Waals surface area contributed by atoms with E-state index < -0.39 is 53.3 Å². The number of rotatable bonds is 6. The summed E-state index contributed by atoms with van der Waals surface area (Å²) in [4.78, 5) is 12.6. The van der Waals surface area contributed by atoms with Crippen LogP contribution >= 0.6 is 0 Å². The highest BCUT2D eigenvalue weighted by molar-refractivity contribution is 5.83. The molecule has 34 heavy (non-hydrogen) atoms. The van der Waals surface area contributed by atoms with Crippen molar-refractivity contribution in [1.82, 2.24) is 15.1 Å². The predicted octanol–water partition coefficient (Wildman–Crippen LogP) is 4.71. The quantitative estimate of drug-likeness (QED) is 0.499. The van der Waals surface area contributed by atoms with Crippen LogP contribution in [-0.4, -0.2) is 20.8 Å². The molecule has 0 bridgehead atoms. The molecule has 2 aromatic carbocycles. The van der Waals surface area contributed by atoms with Gasteiger partial charge in [-0.05, 0) is 49.6 Å². The van der Waals surface area contributed by atoms with Gasteiger partial charge in [-0.3, -0.25) is 4.79 Å². The summed E-state index contributed by atoms with van der Waals surface area (Å²) in [5, 5.41) is 16.0. The van der Waals surface area contributed by atoms with Crippen molar-refractivity contribution in [3.63, 3.8) is 0 Å². The maximum atomic E-state index is 14.4. The Kier molecular flexibility index (Phi) is 5.92. The summed E-state index contributed by atoms with van der Waals surface area (Å²) in [5.74, 6) is -4.57. The Morgan fingerprint density at radius 1 is 1.09 bits per heavy atom. The standard InChI is InChI=1S/C23H19F6N3O2/c1-12(13-2-4-16(18(25)8-13)22(34)6-7-22)21(33)30-11-15-10-20(23(27,28)29)31-32(15)14-3-5-17(24)19(26)9-14/h2-5,8-10,12,34H,6-7,11H2,1H3,(H,30,33). The zero-order valence-electron chi connectivity index (χ0n) is 17.8. The highest BCUT2D eigenvalue weighted by atomic mass is 19.4. The van der Waals surface area contributed by atoms with Crippen molar-refractivity contribution in [3.8, 4) is 5.69 Å². The van der Waals surface area contributed by atoms with E-state index in [2.05, 4.69) is 10.4 Å². The molecule has 1 aliphatic rings. The van der Waals surface area contributed by atoms with Crippen LogP contribution in [0.2, 0.25) is 0 Å². The summed E-state index contributed by atoms with van der Waals surface area (Å²) in [7, 11) is 0. The average molecular weight is 483 g/mol. The largest absolute Gasteiger partial charge is 0.435 e. The van der Waals surface area contributed by atoms with Crippen molar-refractivity contribution in [2.45, 2.75) is 44.0 Å². The van der Waals surface area contributed by atoms with Gasteiger partial charge in [-0.2, -0.15) is 18.3 Å². The number of halogens is 6. The first-order valence-corrected chi connectivity index (χ1v) is 10.3. The van der Waals surface area contributed by atoms with E-state index in [1.807, 2.05) is 0 Å². The van der Waals surface area contributed by atoms with E-state index in [0.717, 1.165) is 22.9 Å². The molecule has 2 N–H and O–H groups in total. The van der Waals surface area contributed by atoms with Crippen LogP contribution in [-0.2, 0) is 23.1 Å². The molecule has 1 aromatic heterocycles. The van der Waals surface area contributed by atoms with Crippen LogP contribution in [0, 0.1) is 17.5 Å². The molecule has 0 saturated heterocycles. The van der Waals surface area contributed by atoms with Crippen LogP contribution in [0.15, 0.2) is 42.5 Å². The van der Waals surface area contributed by atoms with Crippen molar-refractivity contribution in [2.24, 2.45) is 0 Å². The van der Waals surface area contributed by atoms with Crippen molar-refractivity contribution in [1.29, 1.82) is 0 Å². The SMILES string of the molecule is CC(C(=O)NCc1cc(C(F)(F)F)nn1-c1ccc(F)c(F)c1)c1ccc(C2(O)CC2)c(F)c1. The van der Waals surface area contributed by atoms with Crippen molar-refractivity contribution in [2.75, 3.05) is 0 Å². The fourth-order valence-electron chi connectivity index (χ4n) is 3.57. The Bertz CT molecular complexity index is 1250. The molecule has 1 heterocycles. The van der Waals surface area contributed by atoms with E-state index in [4.69, 9.17) is 0 Å². The van der Waals surface area contributed by atoms with Gasteiger partial charge < -0.3 is 10.4 Å². The van der Waals surface area contributed by atoms with Gasteiger partial charge in [0.05, 0.1) is 29.4 Å². The first-order valence-electron chi connectivity index (χ1n) is 10.3. The van der Waals surface area contributed by atoms with Gasteiger partial charge in [0, 0.05) is 11.6 Å². The summed E-state index contributed by atoms with van der Waals surface area (Å²) in [6.07, 6.45) is -3.91. The van der Waals surface area contributed by atoms with Gasteiger partial charge in [-0.25, -0.2) is 17.9 Å². The van der Waals surface area contributed by atoms with Crippen molar-refractivity contribution in [3.05, 3.63) is 82.4 Å². The third-order valence-corrected chi connectivity index (χ3v) is 5.78. The molecule has 0 radical (unpaired) electrons. The summed E-state index contributed by atoms with van der Waals surface area (Å²) >= 11 is 0. The lowest BCUT2D eigenvalue weighted by atomic mass is 9.96. The molecule has 1 fully saturated rings. The van der Waals surface area contributed by atoms with Crippen molar-refractivity contribution >= 4 is 5.91 Å². The molecular weight excluding hydrogens is 464 g/mol. The number of alkyl halides is 3. The Labute approximate surface area is 190 Å². The van der Waals surface area contributed by atoms with Gasteiger partial charge in [-0.1, -0.05) is 12.1 Å². The number of benzene rings is 2. The minimum absolute atomic E-state index is 0.128.